The predicted molar refractivity (Wildman–Crippen MR) is 58.3 cm³/mol. The third-order valence-electron chi connectivity index (χ3n) is 2.62. The van der Waals surface area contributed by atoms with Crippen molar-refractivity contribution in [2.45, 2.75) is 33.0 Å². The molecule has 0 amide bonds. The summed E-state index contributed by atoms with van der Waals surface area (Å²) in [4.78, 5) is 0. The van der Waals surface area contributed by atoms with E-state index in [4.69, 9.17) is 0 Å². The summed E-state index contributed by atoms with van der Waals surface area (Å²) in [6.07, 6.45) is -4.85. The first-order chi connectivity index (χ1) is 7.40. The molecule has 1 rings (SSSR count). The van der Waals surface area contributed by atoms with Crippen LogP contribution in [-0.2, 0) is 6.54 Å². The van der Waals surface area contributed by atoms with Crippen molar-refractivity contribution in [3.63, 3.8) is 0 Å². The molecule has 1 aromatic carbocycles. The van der Waals surface area contributed by atoms with Crippen LogP contribution in [0.4, 0.5) is 13.2 Å². The summed E-state index contributed by atoms with van der Waals surface area (Å²) >= 11 is 0. The SMILES string of the molecule is Cc1cccc(CNCCC(F)(F)F)c1C. The van der Waals surface area contributed by atoms with Crippen LogP contribution >= 0.6 is 0 Å². The first-order valence-electron chi connectivity index (χ1n) is 5.23. The van der Waals surface area contributed by atoms with E-state index in [1.165, 1.54) is 0 Å². The van der Waals surface area contributed by atoms with Gasteiger partial charge in [-0.15, -0.1) is 0 Å². The lowest BCUT2D eigenvalue weighted by Crippen LogP contribution is -2.21. The van der Waals surface area contributed by atoms with Gasteiger partial charge in [0, 0.05) is 13.1 Å². The van der Waals surface area contributed by atoms with Crippen LogP contribution in [0.15, 0.2) is 18.2 Å². The lowest BCUT2D eigenvalue weighted by atomic mass is 10.0. The monoisotopic (exact) mass is 231 g/mol. The van der Waals surface area contributed by atoms with Crippen molar-refractivity contribution in [1.29, 1.82) is 0 Å². The molecule has 0 unspecified atom stereocenters. The van der Waals surface area contributed by atoms with E-state index < -0.39 is 12.6 Å². The minimum atomic E-state index is -4.07. The maximum absolute atomic E-state index is 11.9. The lowest BCUT2D eigenvalue weighted by Gasteiger charge is -2.10. The molecular weight excluding hydrogens is 215 g/mol. The highest BCUT2D eigenvalue weighted by Crippen LogP contribution is 2.18. The van der Waals surface area contributed by atoms with E-state index in [0.717, 1.165) is 16.7 Å². The lowest BCUT2D eigenvalue weighted by molar-refractivity contribution is -0.133. The van der Waals surface area contributed by atoms with Gasteiger partial charge in [-0.2, -0.15) is 13.2 Å². The number of rotatable bonds is 4. The van der Waals surface area contributed by atoms with Gasteiger partial charge < -0.3 is 5.32 Å². The quantitative estimate of drug-likeness (QED) is 0.783. The summed E-state index contributed by atoms with van der Waals surface area (Å²) in [6.45, 7) is 4.44. The molecule has 0 atom stereocenters. The molecule has 0 aromatic heterocycles. The number of nitrogens with one attached hydrogen (secondary N) is 1. The summed E-state index contributed by atoms with van der Waals surface area (Å²) in [5, 5.41) is 2.81. The minimum Gasteiger partial charge on any atom is -0.312 e. The van der Waals surface area contributed by atoms with Crippen LogP contribution < -0.4 is 5.32 Å². The average molecular weight is 231 g/mol. The number of alkyl halides is 3. The van der Waals surface area contributed by atoms with Crippen molar-refractivity contribution in [3.8, 4) is 0 Å². The molecule has 0 radical (unpaired) electrons. The molecule has 1 nitrogen and oxygen atoms in total. The Morgan fingerprint density at radius 2 is 1.88 bits per heavy atom. The van der Waals surface area contributed by atoms with Gasteiger partial charge in [0.05, 0.1) is 6.42 Å². The molecule has 0 heterocycles. The Bertz CT molecular complexity index is 345. The van der Waals surface area contributed by atoms with Gasteiger partial charge in [0.25, 0.3) is 0 Å². The Hall–Kier alpha value is -1.03. The topological polar surface area (TPSA) is 12.0 Å². The Morgan fingerprint density at radius 1 is 1.19 bits per heavy atom. The summed E-state index contributed by atoms with van der Waals surface area (Å²) < 4.78 is 35.7. The second-order valence-corrected chi connectivity index (χ2v) is 3.90. The fourth-order valence-electron chi connectivity index (χ4n) is 1.46. The zero-order valence-corrected chi connectivity index (χ0v) is 9.49. The highest BCUT2D eigenvalue weighted by molar-refractivity contribution is 5.32. The maximum atomic E-state index is 11.9. The molecule has 90 valence electrons. The molecule has 1 aromatic rings. The average Bonchev–Trinajstić information content (AvgIpc) is 2.17. The standard InChI is InChI=1S/C12H16F3N/c1-9-4-3-5-11(10(9)2)8-16-7-6-12(13,14)15/h3-5,16H,6-8H2,1-2H3. The third kappa shape index (κ3) is 4.23. The summed E-state index contributed by atoms with van der Waals surface area (Å²) in [6, 6.07) is 5.85. The molecule has 4 heteroatoms. The van der Waals surface area contributed by atoms with E-state index in [9.17, 15) is 13.2 Å². The molecule has 0 spiro atoms. The van der Waals surface area contributed by atoms with E-state index in [-0.39, 0.29) is 6.54 Å². The Kier molecular flexibility index (Phi) is 4.35. The molecular formula is C12H16F3N. The zero-order valence-electron chi connectivity index (χ0n) is 9.49. The fourth-order valence-corrected chi connectivity index (χ4v) is 1.46. The fraction of sp³-hybridized carbons (Fsp3) is 0.500. The Morgan fingerprint density at radius 3 is 2.50 bits per heavy atom. The summed E-state index contributed by atoms with van der Waals surface area (Å²) in [5.74, 6) is 0. The van der Waals surface area contributed by atoms with Crippen LogP contribution in [-0.4, -0.2) is 12.7 Å². The molecule has 0 bridgehead atoms. The molecule has 0 aliphatic rings. The molecule has 16 heavy (non-hydrogen) atoms. The van der Waals surface area contributed by atoms with Gasteiger partial charge >= 0.3 is 6.18 Å². The van der Waals surface area contributed by atoms with Crippen molar-refractivity contribution in [1.82, 2.24) is 5.32 Å². The first-order valence-corrected chi connectivity index (χ1v) is 5.23. The number of hydrogen-bond donors (Lipinski definition) is 1. The van der Waals surface area contributed by atoms with E-state index in [1.54, 1.807) is 0 Å². The molecule has 1 N–H and O–H groups in total. The van der Waals surface area contributed by atoms with Crippen LogP contribution in [0.1, 0.15) is 23.1 Å². The van der Waals surface area contributed by atoms with Crippen LogP contribution in [0.2, 0.25) is 0 Å². The van der Waals surface area contributed by atoms with Crippen LogP contribution in [0.5, 0.6) is 0 Å². The highest BCUT2D eigenvalue weighted by Gasteiger charge is 2.25. The van der Waals surface area contributed by atoms with Crippen molar-refractivity contribution in [3.05, 3.63) is 34.9 Å². The molecule has 0 saturated carbocycles. The molecule has 0 fully saturated rings. The van der Waals surface area contributed by atoms with Crippen LogP contribution in [0.25, 0.3) is 0 Å². The summed E-state index contributed by atoms with van der Waals surface area (Å²) in [5.41, 5.74) is 3.36. The Balaban J connectivity index is 2.41. The van der Waals surface area contributed by atoms with E-state index in [1.807, 2.05) is 32.0 Å². The predicted octanol–water partition coefficient (Wildman–Crippen LogP) is 3.35. The van der Waals surface area contributed by atoms with Gasteiger partial charge in [-0.1, -0.05) is 18.2 Å². The van der Waals surface area contributed by atoms with E-state index in [0.29, 0.717) is 6.54 Å². The second kappa shape index (κ2) is 5.34. The van der Waals surface area contributed by atoms with Gasteiger partial charge in [0.15, 0.2) is 0 Å². The summed E-state index contributed by atoms with van der Waals surface area (Å²) in [7, 11) is 0. The van der Waals surface area contributed by atoms with Crippen LogP contribution in [0, 0.1) is 13.8 Å². The second-order valence-electron chi connectivity index (χ2n) is 3.90. The van der Waals surface area contributed by atoms with Crippen molar-refractivity contribution in [2.75, 3.05) is 6.54 Å². The van der Waals surface area contributed by atoms with Crippen LogP contribution in [0.3, 0.4) is 0 Å². The normalized spacial score (nSPS) is 11.8. The highest BCUT2D eigenvalue weighted by atomic mass is 19.4. The minimum absolute atomic E-state index is 0.0309. The largest absolute Gasteiger partial charge is 0.390 e. The van der Waals surface area contributed by atoms with E-state index >= 15 is 0 Å². The van der Waals surface area contributed by atoms with Crippen molar-refractivity contribution in [2.24, 2.45) is 0 Å². The van der Waals surface area contributed by atoms with Gasteiger partial charge in [-0.05, 0) is 30.5 Å². The molecule has 0 aliphatic heterocycles. The van der Waals surface area contributed by atoms with Crippen molar-refractivity contribution < 1.29 is 13.2 Å². The smallest absolute Gasteiger partial charge is 0.312 e. The Labute approximate surface area is 93.7 Å². The third-order valence-corrected chi connectivity index (χ3v) is 2.62. The molecule has 0 saturated heterocycles. The number of halogens is 3. The van der Waals surface area contributed by atoms with E-state index in [2.05, 4.69) is 5.32 Å². The maximum Gasteiger partial charge on any atom is 0.390 e. The van der Waals surface area contributed by atoms with Gasteiger partial charge in [0.1, 0.15) is 0 Å². The van der Waals surface area contributed by atoms with Gasteiger partial charge in [0.2, 0.25) is 0 Å². The first kappa shape index (κ1) is 13.0. The van der Waals surface area contributed by atoms with Gasteiger partial charge in [-0.3, -0.25) is 0 Å². The van der Waals surface area contributed by atoms with Crippen molar-refractivity contribution >= 4 is 0 Å². The molecule has 0 aliphatic carbocycles. The number of benzene rings is 1. The van der Waals surface area contributed by atoms with Gasteiger partial charge in [-0.25, -0.2) is 0 Å². The number of aryl methyl sites for hydroxylation is 1. The zero-order chi connectivity index (χ0) is 12.2. The number of hydrogen-bond acceptors (Lipinski definition) is 1.